The molecular weight excluding hydrogens is 300 g/mol. The molecule has 3 aromatic rings. The van der Waals surface area contributed by atoms with Crippen LogP contribution in [-0.2, 0) is 6.54 Å². The van der Waals surface area contributed by atoms with Gasteiger partial charge in [0.15, 0.2) is 5.65 Å². The molecule has 0 saturated heterocycles. The molecule has 24 heavy (non-hydrogen) atoms. The predicted molar refractivity (Wildman–Crippen MR) is 93.8 cm³/mol. The molecule has 0 aromatic carbocycles. The van der Waals surface area contributed by atoms with Gasteiger partial charge >= 0.3 is 0 Å². The van der Waals surface area contributed by atoms with Crippen molar-refractivity contribution in [3.05, 3.63) is 29.5 Å². The van der Waals surface area contributed by atoms with Gasteiger partial charge in [0.2, 0.25) is 0 Å². The van der Waals surface area contributed by atoms with Crippen LogP contribution in [0.15, 0.2) is 16.8 Å². The normalized spacial score (nSPS) is 16.1. The van der Waals surface area contributed by atoms with Gasteiger partial charge in [-0.05, 0) is 45.6 Å². The van der Waals surface area contributed by atoms with Crippen LogP contribution in [0, 0.1) is 26.7 Å². The molecule has 1 fully saturated rings. The Morgan fingerprint density at radius 1 is 1.17 bits per heavy atom. The minimum atomic E-state index is 0.762. The highest BCUT2D eigenvalue weighted by Crippen LogP contribution is 2.30. The van der Waals surface area contributed by atoms with E-state index in [-0.39, 0.29) is 0 Å². The van der Waals surface area contributed by atoms with Crippen LogP contribution < -0.4 is 0 Å². The first kappa shape index (κ1) is 15.4. The number of rotatable bonds is 3. The standard InChI is InChI=1S/C19H24N4O/c1-12-18(13(2)24-22-12)16-9-17-19(20-10-16)21-14(3)23(17)11-15-7-5-4-6-8-15/h9-10,15H,4-8,11H2,1-3H3. The third-order valence-corrected chi connectivity index (χ3v) is 5.28. The van der Waals surface area contributed by atoms with E-state index >= 15 is 0 Å². The molecule has 3 aromatic heterocycles. The molecule has 126 valence electrons. The van der Waals surface area contributed by atoms with Crippen molar-refractivity contribution in [2.75, 3.05) is 0 Å². The molecule has 0 bridgehead atoms. The summed E-state index contributed by atoms with van der Waals surface area (Å²) in [5, 5.41) is 4.07. The topological polar surface area (TPSA) is 56.7 Å². The van der Waals surface area contributed by atoms with Gasteiger partial charge in [-0.25, -0.2) is 9.97 Å². The summed E-state index contributed by atoms with van der Waals surface area (Å²) in [5.74, 6) is 2.65. The average Bonchev–Trinajstić information content (AvgIpc) is 3.08. The van der Waals surface area contributed by atoms with E-state index in [1.807, 2.05) is 20.0 Å². The summed E-state index contributed by atoms with van der Waals surface area (Å²) in [5.41, 5.74) is 4.97. The van der Waals surface area contributed by atoms with Crippen molar-refractivity contribution >= 4 is 11.2 Å². The SMILES string of the molecule is Cc1noc(C)c1-c1cnc2nc(C)n(CC3CCCCC3)c2c1. The largest absolute Gasteiger partial charge is 0.361 e. The minimum absolute atomic E-state index is 0.762. The third-order valence-electron chi connectivity index (χ3n) is 5.28. The Hall–Kier alpha value is -2.17. The molecule has 0 aliphatic heterocycles. The van der Waals surface area contributed by atoms with Crippen molar-refractivity contribution in [1.29, 1.82) is 0 Å². The lowest BCUT2D eigenvalue weighted by molar-refractivity contribution is 0.320. The van der Waals surface area contributed by atoms with Gasteiger partial charge in [0.25, 0.3) is 0 Å². The van der Waals surface area contributed by atoms with Crippen molar-refractivity contribution in [2.24, 2.45) is 5.92 Å². The zero-order valence-corrected chi connectivity index (χ0v) is 14.7. The minimum Gasteiger partial charge on any atom is -0.361 e. The zero-order valence-electron chi connectivity index (χ0n) is 14.7. The van der Waals surface area contributed by atoms with Crippen molar-refractivity contribution in [1.82, 2.24) is 19.7 Å². The van der Waals surface area contributed by atoms with E-state index in [4.69, 9.17) is 4.52 Å². The van der Waals surface area contributed by atoms with Gasteiger partial charge in [-0.1, -0.05) is 24.4 Å². The molecule has 0 atom stereocenters. The van der Waals surface area contributed by atoms with E-state index in [1.54, 1.807) is 0 Å². The van der Waals surface area contributed by atoms with Gasteiger partial charge in [0, 0.05) is 23.9 Å². The highest BCUT2D eigenvalue weighted by atomic mass is 16.5. The van der Waals surface area contributed by atoms with Crippen LogP contribution in [0.5, 0.6) is 0 Å². The Balaban J connectivity index is 1.76. The Labute approximate surface area is 142 Å². The van der Waals surface area contributed by atoms with Crippen molar-refractivity contribution < 1.29 is 4.52 Å². The first-order valence-electron chi connectivity index (χ1n) is 8.89. The molecule has 1 aliphatic carbocycles. The fraction of sp³-hybridized carbons (Fsp3) is 0.526. The number of aryl methyl sites for hydroxylation is 3. The lowest BCUT2D eigenvalue weighted by atomic mass is 9.89. The van der Waals surface area contributed by atoms with Crippen LogP contribution in [0.2, 0.25) is 0 Å². The number of pyridine rings is 1. The summed E-state index contributed by atoms with van der Waals surface area (Å²) in [6.07, 6.45) is 8.65. The first-order chi connectivity index (χ1) is 11.6. The lowest BCUT2D eigenvalue weighted by Crippen LogP contribution is -2.15. The molecule has 5 heteroatoms. The van der Waals surface area contributed by atoms with Crippen molar-refractivity contribution in [2.45, 2.75) is 59.4 Å². The van der Waals surface area contributed by atoms with Gasteiger partial charge < -0.3 is 9.09 Å². The maximum Gasteiger partial charge on any atom is 0.177 e. The van der Waals surface area contributed by atoms with Crippen LogP contribution in [0.3, 0.4) is 0 Å². The molecule has 1 saturated carbocycles. The number of nitrogens with zero attached hydrogens (tertiary/aromatic N) is 4. The fourth-order valence-corrected chi connectivity index (χ4v) is 4.01. The quantitative estimate of drug-likeness (QED) is 0.707. The van der Waals surface area contributed by atoms with E-state index in [9.17, 15) is 0 Å². The molecular formula is C19H24N4O. The van der Waals surface area contributed by atoms with E-state index in [2.05, 4.69) is 32.7 Å². The van der Waals surface area contributed by atoms with Crippen LogP contribution >= 0.6 is 0 Å². The molecule has 4 rings (SSSR count). The Morgan fingerprint density at radius 2 is 1.96 bits per heavy atom. The van der Waals surface area contributed by atoms with E-state index < -0.39 is 0 Å². The summed E-state index contributed by atoms with van der Waals surface area (Å²) in [7, 11) is 0. The van der Waals surface area contributed by atoms with E-state index in [0.717, 1.165) is 52.0 Å². The second kappa shape index (κ2) is 6.04. The molecule has 0 spiro atoms. The molecule has 3 heterocycles. The maximum atomic E-state index is 5.32. The highest BCUT2D eigenvalue weighted by Gasteiger charge is 2.19. The van der Waals surface area contributed by atoms with Gasteiger partial charge in [0.1, 0.15) is 11.6 Å². The smallest absolute Gasteiger partial charge is 0.177 e. The number of hydrogen-bond donors (Lipinski definition) is 0. The summed E-state index contributed by atoms with van der Waals surface area (Å²) >= 11 is 0. The zero-order chi connectivity index (χ0) is 16.7. The van der Waals surface area contributed by atoms with Crippen LogP contribution in [0.4, 0.5) is 0 Å². The third kappa shape index (κ3) is 2.62. The van der Waals surface area contributed by atoms with Crippen molar-refractivity contribution in [3.63, 3.8) is 0 Å². The maximum absolute atomic E-state index is 5.32. The Morgan fingerprint density at radius 3 is 2.67 bits per heavy atom. The van der Waals surface area contributed by atoms with Crippen molar-refractivity contribution in [3.8, 4) is 11.1 Å². The van der Waals surface area contributed by atoms with E-state index in [0.29, 0.717) is 0 Å². The molecule has 0 N–H and O–H groups in total. The molecule has 0 unspecified atom stereocenters. The molecule has 0 radical (unpaired) electrons. The van der Waals surface area contributed by atoms with Gasteiger partial charge in [-0.15, -0.1) is 0 Å². The summed E-state index contributed by atoms with van der Waals surface area (Å²) in [6, 6.07) is 2.19. The summed E-state index contributed by atoms with van der Waals surface area (Å²) in [4.78, 5) is 9.25. The number of aromatic nitrogens is 4. The lowest BCUT2D eigenvalue weighted by Gasteiger charge is -2.22. The number of imidazole rings is 1. The summed E-state index contributed by atoms with van der Waals surface area (Å²) in [6.45, 7) is 7.06. The fourth-order valence-electron chi connectivity index (χ4n) is 4.01. The Kier molecular flexibility index (Phi) is 3.87. The number of fused-ring (bicyclic) bond motifs is 1. The molecule has 5 nitrogen and oxygen atoms in total. The van der Waals surface area contributed by atoms with Gasteiger partial charge in [-0.3, -0.25) is 0 Å². The van der Waals surface area contributed by atoms with Gasteiger partial charge in [0.05, 0.1) is 11.2 Å². The first-order valence-corrected chi connectivity index (χ1v) is 8.89. The highest BCUT2D eigenvalue weighted by molar-refractivity contribution is 5.80. The molecule has 1 aliphatic rings. The summed E-state index contributed by atoms with van der Waals surface area (Å²) < 4.78 is 7.67. The monoisotopic (exact) mass is 324 g/mol. The second-order valence-electron chi connectivity index (χ2n) is 7.04. The van der Waals surface area contributed by atoms with Crippen LogP contribution in [-0.4, -0.2) is 19.7 Å². The van der Waals surface area contributed by atoms with Crippen LogP contribution in [0.25, 0.3) is 22.3 Å². The molecule has 0 amide bonds. The van der Waals surface area contributed by atoms with Gasteiger partial charge in [-0.2, -0.15) is 0 Å². The average molecular weight is 324 g/mol. The predicted octanol–water partition coefficient (Wildman–Crippen LogP) is 4.59. The van der Waals surface area contributed by atoms with Crippen LogP contribution in [0.1, 0.15) is 49.4 Å². The van der Waals surface area contributed by atoms with E-state index in [1.165, 1.54) is 32.1 Å². The number of hydrogen-bond acceptors (Lipinski definition) is 4. The second-order valence-corrected chi connectivity index (χ2v) is 7.04. The Bertz CT molecular complexity index is 851.